The fourth-order valence-electron chi connectivity index (χ4n) is 5.22. The van der Waals surface area contributed by atoms with E-state index in [1.165, 1.54) is 28.8 Å². The first kappa shape index (κ1) is 28.2. The zero-order chi connectivity index (χ0) is 29.6. The van der Waals surface area contributed by atoms with Crippen molar-refractivity contribution in [1.82, 2.24) is 24.4 Å². The van der Waals surface area contributed by atoms with Crippen molar-refractivity contribution in [3.8, 4) is 22.7 Å². The van der Waals surface area contributed by atoms with E-state index in [-0.39, 0.29) is 39.6 Å². The van der Waals surface area contributed by atoms with Gasteiger partial charge in [0.15, 0.2) is 5.65 Å². The molecule has 0 spiro atoms. The number of halogens is 2. The number of phenols is 1. The van der Waals surface area contributed by atoms with Crippen LogP contribution in [0.3, 0.4) is 0 Å². The fourth-order valence-corrected chi connectivity index (χ4v) is 5.47. The zero-order valence-electron chi connectivity index (χ0n) is 23.2. The van der Waals surface area contributed by atoms with Crippen LogP contribution in [0.1, 0.15) is 33.4 Å². The normalized spacial score (nSPS) is 15.8. The summed E-state index contributed by atoms with van der Waals surface area (Å²) in [6, 6.07) is 8.79. The van der Waals surface area contributed by atoms with E-state index in [1.807, 2.05) is 32.6 Å². The number of piperazine rings is 1. The Labute approximate surface area is 241 Å². The van der Waals surface area contributed by atoms with Crippen LogP contribution >= 0.6 is 11.6 Å². The molecular formula is C30H30ClFN6O3. The van der Waals surface area contributed by atoms with Crippen LogP contribution in [0, 0.1) is 5.82 Å². The predicted molar refractivity (Wildman–Crippen MR) is 157 cm³/mol. The number of pyridine rings is 2. The average molecular weight is 577 g/mol. The van der Waals surface area contributed by atoms with Crippen molar-refractivity contribution in [2.75, 3.05) is 24.5 Å². The topological polar surface area (TPSA) is 104 Å². The maximum Gasteiger partial charge on any atom is 0.355 e. The number of fused-ring (bicyclic) bond motifs is 1. The number of anilines is 1. The van der Waals surface area contributed by atoms with Gasteiger partial charge in [-0.05, 0) is 43.3 Å². The SMILES string of the molecule is C=CC(=O)N1CCN(c2nc(=O)n(-c3cccnc3C(C)(C)C)c3nc(-c4c(O)cccc4F)c(Cl)cc23)[C@@H](C)C1. The highest BCUT2D eigenvalue weighted by molar-refractivity contribution is 6.34. The van der Waals surface area contributed by atoms with E-state index in [2.05, 4.69) is 16.5 Å². The minimum atomic E-state index is -0.713. The molecule has 9 nitrogen and oxygen atoms in total. The van der Waals surface area contributed by atoms with Crippen LogP contribution in [0.2, 0.25) is 5.02 Å². The monoisotopic (exact) mass is 576 g/mol. The van der Waals surface area contributed by atoms with E-state index in [0.29, 0.717) is 42.2 Å². The fraction of sp³-hybridized carbons (Fsp3) is 0.300. The van der Waals surface area contributed by atoms with Crippen molar-refractivity contribution in [3.63, 3.8) is 0 Å². The van der Waals surface area contributed by atoms with E-state index in [9.17, 15) is 19.1 Å². The van der Waals surface area contributed by atoms with Crippen molar-refractivity contribution in [1.29, 1.82) is 0 Å². The molecule has 0 unspecified atom stereocenters. The summed E-state index contributed by atoms with van der Waals surface area (Å²) in [5.41, 5.74) is 0.0399. The van der Waals surface area contributed by atoms with Gasteiger partial charge >= 0.3 is 5.69 Å². The molecule has 1 amide bonds. The second kappa shape index (κ2) is 10.6. The summed E-state index contributed by atoms with van der Waals surface area (Å²) < 4.78 is 16.3. The minimum absolute atomic E-state index is 0.0179. The van der Waals surface area contributed by atoms with Gasteiger partial charge in [0, 0.05) is 37.3 Å². The first-order valence-corrected chi connectivity index (χ1v) is 13.5. The highest BCUT2D eigenvalue weighted by Gasteiger charge is 2.31. The molecule has 1 N–H and O–H groups in total. The summed E-state index contributed by atoms with van der Waals surface area (Å²) in [5, 5.41) is 11.1. The summed E-state index contributed by atoms with van der Waals surface area (Å²) in [7, 11) is 0. The molecular weight excluding hydrogens is 547 g/mol. The highest BCUT2D eigenvalue weighted by atomic mass is 35.5. The number of phenolic OH excluding ortho intramolecular Hbond substituents is 1. The number of nitrogens with zero attached hydrogens (tertiary/aromatic N) is 6. The number of benzene rings is 1. The Morgan fingerprint density at radius 3 is 2.61 bits per heavy atom. The largest absolute Gasteiger partial charge is 0.507 e. The van der Waals surface area contributed by atoms with Crippen LogP contribution in [0.4, 0.5) is 10.2 Å². The number of rotatable bonds is 4. The van der Waals surface area contributed by atoms with E-state index in [4.69, 9.17) is 16.6 Å². The molecule has 0 bridgehead atoms. The third-order valence-electron chi connectivity index (χ3n) is 7.15. The second-order valence-corrected chi connectivity index (χ2v) is 11.4. The van der Waals surface area contributed by atoms with Crippen LogP contribution in [-0.2, 0) is 10.2 Å². The van der Waals surface area contributed by atoms with Gasteiger partial charge in [-0.3, -0.25) is 9.78 Å². The number of hydrogen-bond donors (Lipinski definition) is 1. The molecule has 0 radical (unpaired) electrons. The Balaban J connectivity index is 1.82. The van der Waals surface area contributed by atoms with Gasteiger partial charge in [-0.25, -0.2) is 18.7 Å². The molecule has 1 fully saturated rings. The summed E-state index contributed by atoms with van der Waals surface area (Å²) >= 11 is 6.70. The molecule has 1 aliphatic heterocycles. The Morgan fingerprint density at radius 1 is 1.20 bits per heavy atom. The molecule has 212 valence electrons. The van der Waals surface area contributed by atoms with Crippen molar-refractivity contribution >= 4 is 34.4 Å². The van der Waals surface area contributed by atoms with Crippen molar-refractivity contribution < 1.29 is 14.3 Å². The quantitative estimate of drug-likeness (QED) is 0.346. The van der Waals surface area contributed by atoms with Gasteiger partial charge in [0.05, 0.1) is 33.0 Å². The number of carbonyl (C=O) groups is 1. The van der Waals surface area contributed by atoms with Crippen molar-refractivity contribution in [2.24, 2.45) is 0 Å². The minimum Gasteiger partial charge on any atom is -0.507 e. The molecule has 11 heteroatoms. The van der Waals surface area contributed by atoms with Gasteiger partial charge < -0.3 is 14.9 Å². The number of aromatic hydroxyl groups is 1. The van der Waals surface area contributed by atoms with Gasteiger partial charge in [-0.2, -0.15) is 4.98 Å². The number of amides is 1. The molecule has 41 heavy (non-hydrogen) atoms. The molecule has 1 aromatic carbocycles. The lowest BCUT2D eigenvalue weighted by molar-refractivity contribution is -0.126. The molecule has 1 aliphatic rings. The zero-order valence-corrected chi connectivity index (χ0v) is 24.0. The molecule has 4 heterocycles. The molecule has 3 aromatic heterocycles. The Hall–Kier alpha value is -4.31. The average Bonchev–Trinajstić information content (AvgIpc) is 2.92. The molecule has 0 aliphatic carbocycles. The molecule has 1 atom stereocenters. The number of aromatic nitrogens is 4. The second-order valence-electron chi connectivity index (χ2n) is 11.0. The van der Waals surface area contributed by atoms with Crippen LogP contribution in [0.25, 0.3) is 28.0 Å². The highest BCUT2D eigenvalue weighted by Crippen LogP contribution is 2.39. The first-order chi connectivity index (χ1) is 19.4. The number of carbonyl (C=O) groups excluding carboxylic acids is 1. The maximum absolute atomic E-state index is 15.0. The van der Waals surface area contributed by atoms with Crippen LogP contribution < -0.4 is 10.6 Å². The lowest BCUT2D eigenvalue weighted by Gasteiger charge is -2.40. The van der Waals surface area contributed by atoms with E-state index in [1.54, 1.807) is 29.3 Å². The van der Waals surface area contributed by atoms with Gasteiger partial charge in [-0.15, -0.1) is 0 Å². The Morgan fingerprint density at radius 2 is 1.95 bits per heavy atom. The van der Waals surface area contributed by atoms with E-state index >= 15 is 0 Å². The first-order valence-electron chi connectivity index (χ1n) is 13.2. The van der Waals surface area contributed by atoms with Gasteiger partial charge in [-0.1, -0.05) is 45.0 Å². The smallest absolute Gasteiger partial charge is 0.355 e. The van der Waals surface area contributed by atoms with E-state index in [0.717, 1.165) is 0 Å². The third kappa shape index (κ3) is 5.04. The summed E-state index contributed by atoms with van der Waals surface area (Å²) in [4.78, 5) is 43.5. The number of hydrogen-bond acceptors (Lipinski definition) is 7. The van der Waals surface area contributed by atoms with Crippen LogP contribution in [0.15, 0.2) is 60.0 Å². The lowest BCUT2D eigenvalue weighted by Crippen LogP contribution is -2.54. The lowest BCUT2D eigenvalue weighted by atomic mass is 9.90. The van der Waals surface area contributed by atoms with E-state index < -0.39 is 16.9 Å². The Bertz CT molecular complexity index is 1730. The molecule has 4 aromatic rings. The molecule has 0 saturated carbocycles. The standard InChI is InChI=1S/C30H30ClFN6O3/c1-6-23(40)36-13-14-37(17(2)16-36)27-18-15-19(31)25(24-20(32)9-7-11-22(24)39)34-28(18)38(29(41)35-27)21-10-8-12-33-26(21)30(3,4)5/h6-12,15,17,39H,1,13-14,16H2,2-5H3/t17-/m0/s1. The summed E-state index contributed by atoms with van der Waals surface area (Å²) in [6.07, 6.45) is 2.93. The third-order valence-corrected chi connectivity index (χ3v) is 7.44. The predicted octanol–water partition coefficient (Wildman–Crippen LogP) is 4.86. The Kier molecular flexibility index (Phi) is 7.29. The van der Waals surface area contributed by atoms with Crippen LogP contribution in [0.5, 0.6) is 5.75 Å². The maximum atomic E-state index is 15.0. The van der Waals surface area contributed by atoms with Gasteiger partial charge in [0.1, 0.15) is 17.4 Å². The molecule has 1 saturated heterocycles. The van der Waals surface area contributed by atoms with Crippen molar-refractivity contribution in [2.45, 2.75) is 39.2 Å². The van der Waals surface area contributed by atoms with Gasteiger partial charge in [0.2, 0.25) is 5.91 Å². The summed E-state index contributed by atoms with van der Waals surface area (Å²) in [5.74, 6) is -0.875. The van der Waals surface area contributed by atoms with Crippen LogP contribution in [-0.4, -0.2) is 61.1 Å². The van der Waals surface area contributed by atoms with Gasteiger partial charge in [0.25, 0.3) is 0 Å². The van der Waals surface area contributed by atoms with Crippen molar-refractivity contribution in [3.05, 3.63) is 82.3 Å². The molecule has 5 rings (SSSR count). The summed E-state index contributed by atoms with van der Waals surface area (Å²) in [6.45, 7) is 12.6.